The number of ether oxygens (including phenoxy) is 4. The lowest BCUT2D eigenvalue weighted by Crippen LogP contribution is -1.97. The molecular formula is C15H18N2O4. The van der Waals surface area contributed by atoms with Gasteiger partial charge in [-0.1, -0.05) is 6.07 Å². The third kappa shape index (κ3) is 3.28. The average molecular weight is 290 g/mol. The van der Waals surface area contributed by atoms with E-state index >= 15 is 0 Å². The molecule has 2 aromatic rings. The van der Waals surface area contributed by atoms with E-state index in [9.17, 15) is 0 Å². The number of hydrogen-bond acceptors (Lipinski definition) is 6. The van der Waals surface area contributed by atoms with Crippen LogP contribution >= 0.6 is 0 Å². The highest BCUT2D eigenvalue weighted by molar-refractivity contribution is 5.56. The van der Waals surface area contributed by atoms with Gasteiger partial charge in [0.05, 0.1) is 21.3 Å². The predicted molar refractivity (Wildman–Crippen MR) is 80.0 cm³/mol. The van der Waals surface area contributed by atoms with E-state index in [1.54, 1.807) is 46.6 Å². The van der Waals surface area contributed by atoms with E-state index in [1.165, 1.54) is 0 Å². The summed E-state index contributed by atoms with van der Waals surface area (Å²) in [6, 6.07) is 8.91. The van der Waals surface area contributed by atoms with Gasteiger partial charge < -0.3 is 24.3 Å². The highest BCUT2D eigenvalue weighted by Gasteiger charge is 2.14. The van der Waals surface area contributed by atoms with Gasteiger partial charge in [-0.3, -0.25) is 0 Å². The zero-order chi connectivity index (χ0) is 15.2. The SMILES string of the molecule is CNc1cccc(Oc2cc(OC)c(OC)c(OC)c2)n1. The van der Waals surface area contributed by atoms with E-state index in [-0.39, 0.29) is 0 Å². The Hall–Kier alpha value is -2.63. The Morgan fingerprint density at radius 2 is 1.62 bits per heavy atom. The number of aromatic nitrogens is 1. The molecule has 1 N–H and O–H groups in total. The van der Waals surface area contributed by atoms with Gasteiger partial charge in [-0.05, 0) is 6.07 Å². The third-order valence-corrected chi connectivity index (χ3v) is 2.84. The van der Waals surface area contributed by atoms with Gasteiger partial charge in [0.2, 0.25) is 11.6 Å². The zero-order valence-electron chi connectivity index (χ0n) is 12.5. The molecule has 0 saturated heterocycles. The van der Waals surface area contributed by atoms with Crippen molar-refractivity contribution in [3.63, 3.8) is 0 Å². The van der Waals surface area contributed by atoms with Crippen LogP contribution in [0.15, 0.2) is 30.3 Å². The lowest BCUT2D eigenvalue weighted by molar-refractivity contribution is 0.320. The van der Waals surface area contributed by atoms with Crippen LogP contribution in [0.4, 0.5) is 5.82 Å². The maximum atomic E-state index is 5.74. The van der Waals surface area contributed by atoms with Gasteiger partial charge in [0.1, 0.15) is 11.6 Å². The normalized spacial score (nSPS) is 9.90. The number of rotatable bonds is 6. The first kappa shape index (κ1) is 14.8. The molecule has 0 unspecified atom stereocenters. The van der Waals surface area contributed by atoms with Gasteiger partial charge in [-0.2, -0.15) is 4.98 Å². The van der Waals surface area contributed by atoms with E-state index < -0.39 is 0 Å². The van der Waals surface area contributed by atoms with Crippen LogP contribution in [-0.2, 0) is 0 Å². The number of nitrogens with zero attached hydrogens (tertiary/aromatic N) is 1. The van der Waals surface area contributed by atoms with Crippen molar-refractivity contribution in [1.29, 1.82) is 0 Å². The Balaban J connectivity index is 2.35. The minimum atomic E-state index is 0.469. The second-order valence-electron chi connectivity index (χ2n) is 4.07. The van der Waals surface area contributed by atoms with E-state index in [0.29, 0.717) is 28.9 Å². The van der Waals surface area contributed by atoms with Gasteiger partial charge >= 0.3 is 0 Å². The standard InChI is InChI=1S/C15H18N2O4/c1-16-13-6-5-7-14(17-13)21-10-8-11(18-2)15(20-4)12(9-10)19-3/h5-9H,1-4H3,(H,16,17). The van der Waals surface area contributed by atoms with E-state index in [1.807, 2.05) is 12.1 Å². The highest BCUT2D eigenvalue weighted by atomic mass is 16.5. The molecule has 21 heavy (non-hydrogen) atoms. The first-order chi connectivity index (χ1) is 10.2. The van der Waals surface area contributed by atoms with E-state index in [0.717, 1.165) is 5.82 Å². The van der Waals surface area contributed by atoms with Crippen molar-refractivity contribution in [1.82, 2.24) is 4.98 Å². The second-order valence-corrected chi connectivity index (χ2v) is 4.07. The van der Waals surface area contributed by atoms with Crippen LogP contribution in [0.5, 0.6) is 28.9 Å². The number of hydrogen-bond donors (Lipinski definition) is 1. The minimum Gasteiger partial charge on any atom is -0.493 e. The molecule has 0 spiro atoms. The summed E-state index contributed by atoms with van der Waals surface area (Å²) in [5, 5.41) is 2.96. The smallest absolute Gasteiger partial charge is 0.221 e. The summed E-state index contributed by atoms with van der Waals surface area (Å²) >= 11 is 0. The molecular weight excluding hydrogens is 272 g/mol. The van der Waals surface area contributed by atoms with Crippen molar-refractivity contribution in [2.45, 2.75) is 0 Å². The van der Waals surface area contributed by atoms with Gasteiger partial charge in [0.25, 0.3) is 0 Å². The summed E-state index contributed by atoms with van der Waals surface area (Å²) in [5.41, 5.74) is 0. The fourth-order valence-electron chi connectivity index (χ4n) is 1.85. The Bertz CT molecular complexity index is 591. The molecule has 0 saturated carbocycles. The quantitative estimate of drug-likeness (QED) is 0.882. The monoisotopic (exact) mass is 290 g/mol. The van der Waals surface area contributed by atoms with E-state index in [2.05, 4.69) is 10.3 Å². The summed E-state index contributed by atoms with van der Waals surface area (Å²) < 4.78 is 21.6. The highest BCUT2D eigenvalue weighted by Crippen LogP contribution is 2.41. The molecule has 0 amide bonds. The number of benzene rings is 1. The van der Waals surface area contributed by atoms with Crippen molar-refractivity contribution in [3.8, 4) is 28.9 Å². The zero-order valence-corrected chi connectivity index (χ0v) is 12.5. The molecule has 6 nitrogen and oxygen atoms in total. The molecule has 0 aliphatic heterocycles. The fourth-order valence-corrected chi connectivity index (χ4v) is 1.85. The molecule has 0 aliphatic rings. The van der Waals surface area contributed by atoms with Crippen molar-refractivity contribution >= 4 is 5.82 Å². The van der Waals surface area contributed by atoms with Crippen LogP contribution in [0.2, 0.25) is 0 Å². The molecule has 0 bridgehead atoms. The predicted octanol–water partition coefficient (Wildman–Crippen LogP) is 2.94. The maximum absolute atomic E-state index is 5.74. The summed E-state index contributed by atoms with van der Waals surface area (Å²) in [4.78, 5) is 4.29. The molecule has 112 valence electrons. The fraction of sp³-hybridized carbons (Fsp3) is 0.267. The Labute approximate surface area is 123 Å². The van der Waals surface area contributed by atoms with Crippen molar-refractivity contribution in [2.75, 3.05) is 33.7 Å². The first-order valence-electron chi connectivity index (χ1n) is 6.34. The van der Waals surface area contributed by atoms with Crippen molar-refractivity contribution in [2.24, 2.45) is 0 Å². The lowest BCUT2D eigenvalue weighted by atomic mass is 10.2. The van der Waals surface area contributed by atoms with Crippen LogP contribution in [0.1, 0.15) is 0 Å². The molecule has 0 aliphatic carbocycles. The summed E-state index contributed by atoms with van der Waals surface area (Å²) in [5.74, 6) is 3.30. The van der Waals surface area contributed by atoms with Crippen LogP contribution in [0, 0.1) is 0 Å². The summed E-state index contributed by atoms with van der Waals surface area (Å²) in [6.45, 7) is 0. The van der Waals surface area contributed by atoms with Crippen LogP contribution in [0.25, 0.3) is 0 Å². The maximum Gasteiger partial charge on any atom is 0.221 e. The van der Waals surface area contributed by atoms with E-state index in [4.69, 9.17) is 18.9 Å². The second kappa shape index (κ2) is 6.69. The van der Waals surface area contributed by atoms with Crippen molar-refractivity contribution < 1.29 is 18.9 Å². The average Bonchev–Trinajstić information content (AvgIpc) is 2.53. The third-order valence-electron chi connectivity index (χ3n) is 2.84. The number of anilines is 1. The van der Waals surface area contributed by atoms with Crippen LogP contribution in [-0.4, -0.2) is 33.4 Å². The van der Waals surface area contributed by atoms with Crippen LogP contribution in [0.3, 0.4) is 0 Å². The molecule has 1 heterocycles. The topological polar surface area (TPSA) is 61.8 Å². The largest absolute Gasteiger partial charge is 0.493 e. The molecule has 1 aromatic carbocycles. The van der Waals surface area contributed by atoms with Gasteiger partial charge in [0, 0.05) is 25.2 Å². The number of nitrogens with one attached hydrogen (secondary N) is 1. The minimum absolute atomic E-state index is 0.469. The first-order valence-corrected chi connectivity index (χ1v) is 6.34. The molecule has 2 rings (SSSR count). The Morgan fingerprint density at radius 3 is 2.14 bits per heavy atom. The summed E-state index contributed by atoms with van der Waals surface area (Å²) in [6.07, 6.45) is 0. The summed E-state index contributed by atoms with van der Waals surface area (Å²) in [7, 11) is 6.46. The molecule has 6 heteroatoms. The number of methoxy groups -OCH3 is 3. The van der Waals surface area contributed by atoms with Gasteiger partial charge in [0.15, 0.2) is 11.5 Å². The Morgan fingerprint density at radius 1 is 0.952 bits per heavy atom. The molecule has 0 atom stereocenters. The lowest BCUT2D eigenvalue weighted by Gasteiger charge is -2.14. The van der Waals surface area contributed by atoms with Crippen LogP contribution < -0.4 is 24.3 Å². The van der Waals surface area contributed by atoms with Crippen molar-refractivity contribution in [3.05, 3.63) is 30.3 Å². The molecule has 0 fully saturated rings. The Kier molecular flexibility index (Phi) is 4.71. The van der Waals surface area contributed by atoms with Gasteiger partial charge in [-0.15, -0.1) is 0 Å². The van der Waals surface area contributed by atoms with Gasteiger partial charge in [-0.25, -0.2) is 0 Å². The molecule has 1 aromatic heterocycles. The molecule has 0 radical (unpaired) electrons. The number of pyridine rings is 1.